The van der Waals surface area contributed by atoms with Crippen LogP contribution in [0.4, 0.5) is 0 Å². The van der Waals surface area contributed by atoms with E-state index in [4.69, 9.17) is 0 Å². The molecule has 0 aromatic carbocycles. The molecule has 7 nitrogen and oxygen atoms in total. The van der Waals surface area contributed by atoms with Gasteiger partial charge in [-0.1, -0.05) is 0 Å². The molecule has 0 bridgehead atoms. The highest BCUT2D eigenvalue weighted by Gasteiger charge is 2.41. The predicted molar refractivity (Wildman–Crippen MR) is 103 cm³/mol. The molecule has 0 aliphatic carbocycles. The number of carbonyl (C=O) groups is 2. The number of likely N-dealkylation sites (N-methyl/N-ethyl adjacent to an activating group) is 1. The summed E-state index contributed by atoms with van der Waals surface area (Å²) < 4.78 is 0. The Bertz CT molecular complexity index is 667. The number of amides is 2. The van der Waals surface area contributed by atoms with Gasteiger partial charge in [0.15, 0.2) is 0 Å². The third-order valence-corrected chi connectivity index (χ3v) is 6.11. The second-order valence-electron chi connectivity index (χ2n) is 8.08. The Hall–Kier alpha value is -2.02. The molecule has 27 heavy (non-hydrogen) atoms. The van der Waals surface area contributed by atoms with Crippen molar-refractivity contribution >= 4 is 11.8 Å². The van der Waals surface area contributed by atoms with Crippen LogP contribution < -0.4 is 0 Å². The van der Waals surface area contributed by atoms with Crippen molar-refractivity contribution in [2.45, 2.75) is 46.1 Å². The van der Waals surface area contributed by atoms with Crippen LogP contribution >= 0.6 is 0 Å². The van der Waals surface area contributed by atoms with Gasteiger partial charge in [0.25, 0.3) is 0 Å². The minimum absolute atomic E-state index is 0.183. The molecular weight excluding hydrogens is 342 g/mol. The van der Waals surface area contributed by atoms with Crippen molar-refractivity contribution in [1.29, 1.82) is 0 Å². The number of aryl methyl sites for hydroxylation is 1. The molecule has 0 N–H and O–H groups in total. The molecule has 0 atom stereocenters. The van der Waals surface area contributed by atoms with Gasteiger partial charge in [0.2, 0.25) is 11.8 Å². The van der Waals surface area contributed by atoms with Gasteiger partial charge in [-0.25, -0.2) is 0 Å². The van der Waals surface area contributed by atoms with E-state index in [-0.39, 0.29) is 17.2 Å². The van der Waals surface area contributed by atoms with Gasteiger partial charge >= 0.3 is 0 Å². The summed E-state index contributed by atoms with van der Waals surface area (Å²) in [6, 6.07) is 0. The molecule has 0 unspecified atom stereocenters. The summed E-state index contributed by atoms with van der Waals surface area (Å²) in [6.07, 6.45) is 7.17. The van der Waals surface area contributed by atoms with E-state index in [1.165, 1.54) is 0 Å². The van der Waals surface area contributed by atoms with Gasteiger partial charge in [-0.05, 0) is 51.6 Å². The Morgan fingerprint density at radius 3 is 2.59 bits per heavy atom. The minimum atomic E-state index is 0.183. The standard InChI is InChI=1S/C20H31N5O2/c1-4-23(3)19(27)14-24-9-7-20(8-10-24)6-5-18(26)25(15-20)13-17-12-21-16(2)11-22-17/h11-12H,4-10,13-15H2,1-3H3. The smallest absolute Gasteiger partial charge is 0.236 e. The Balaban J connectivity index is 1.56. The van der Waals surface area contributed by atoms with Gasteiger partial charge in [-0.3, -0.25) is 24.5 Å². The van der Waals surface area contributed by atoms with Crippen LogP contribution in [0.15, 0.2) is 12.4 Å². The number of rotatable bonds is 5. The van der Waals surface area contributed by atoms with Crippen molar-refractivity contribution < 1.29 is 9.59 Å². The van der Waals surface area contributed by atoms with Crippen molar-refractivity contribution in [2.75, 3.05) is 39.8 Å². The summed E-state index contributed by atoms with van der Waals surface area (Å²) in [7, 11) is 1.85. The summed E-state index contributed by atoms with van der Waals surface area (Å²) in [5.41, 5.74) is 1.91. The SMILES string of the molecule is CCN(C)C(=O)CN1CCC2(CCC(=O)N(Cc3cnc(C)cn3)C2)CC1. The molecule has 0 saturated carbocycles. The van der Waals surface area contributed by atoms with Crippen LogP contribution in [0.5, 0.6) is 0 Å². The highest BCUT2D eigenvalue weighted by Crippen LogP contribution is 2.40. The van der Waals surface area contributed by atoms with Gasteiger partial charge in [-0.2, -0.15) is 0 Å². The van der Waals surface area contributed by atoms with Gasteiger partial charge in [0.1, 0.15) is 0 Å². The predicted octanol–water partition coefficient (Wildman–Crippen LogP) is 1.47. The molecule has 3 rings (SSSR count). The second kappa shape index (κ2) is 8.33. The van der Waals surface area contributed by atoms with Gasteiger partial charge < -0.3 is 9.80 Å². The van der Waals surface area contributed by atoms with Crippen LogP contribution in [0.2, 0.25) is 0 Å². The molecule has 0 radical (unpaired) electrons. The van der Waals surface area contributed by atoms with Gasteiger partial charge in [-0.15, -0.1) is 0 Å². The molecule has 1 spiro atoms. The highest BCUT2D eigenvalue weighted by molar-refractivity contribution is 5.78. The van der Waals surface area contributed by atoms with E-state index < -0.39 is 0 Å². The van der Waals surface area contributed by atoms with Crippen LogP contribution in [0.1, 0.15) is 44.0 Å². The first kappa shape index (κ1) is 19.7. The first-order chi connectivity index (χ1) is 12.9. The number of likely N-dealkylation sites (tertiary alicyclic amines) is 2. The molecular formula is C20H31N5O2. The number of nitrogens with zero attached hydrogens (tertiary/aromatic N) is 5. The quantitative estimate of drug-likeness (QED) is 0.782. The van der Waals surface area contributed by atoms with Crippen LogP contribution in [-0.4, -0.2) is 76.3 Å². The third kappa shape index (κ3) is 4.83. The van der Waals surface area contributed by atoms with Crippen LogP contribution in [0.25, 0.3) is 0 Å². The highest BCUT2D eigenvalue weighted by atomic mass is 16.2. The van der Waals surface area contributed by atoms with E-state index in [2.05, 4.69) is 14.9 Å². The number of carbonyl (C=O) groups excluding carboxylic acids is 2. The van der Waals surface area contributed by atoms with Crippen molar-refractivity contribution in [2.24, 2.45) is 5.41 Å². The topological polar surface area (TPSA) is 69.6 Å². The maximum Gasteiger partial charge on any atom is 0.236 e. The lowest BCUT2D eigenvalue weighted by molar-refractivity contribution is -0.140. The number of hydrogen-bond acceptors (Lipinski definition) is 5. The van der Waals surface area contributed by atoms with Crippen molar-refractivity contribution in [3.8, 4) is 0 Å². The van der Waals surface area contributed by atoms with E-state index >= 15 is 0 Å². The van der Waals surface area contributed by atoms with E-state index in [1.54, 1.807) is 17.3 Å². The molecule has 2 saturated heterocycles. The zero-order valence-corrected chi connectivity index (χ0v) is 16.8. The molecule has 1 aromatic rings. The van der Waals surface area contributed by atoms with Crippen LogP contribution in [0, 0.1) is 12.3 Å². The van der Waals surface area contributed by atoms with E-state index in [0.717, 1.165) is 56.8 Å². The molecule has 2 aliphatic rings. The summed E-state index contributed by atoms with van der Waals surface area (Å²) in [5, 5.41) is 0. The summed E-state index contributed by atoms with van der Waals surface area (Å²) in [4.78, 5) is 39.3. The third-order valence-electron chi connectivity index (χ3n) is 6.11. The first-order valence-corrected chi connectivity index (χ1v) is 9.92. The number of piperidine rings is 2. The second-order valence-corrected chi connectivity index (χ2v) is 8.08. The molecule has 3 heterocycles. The molecule has 2 amide bonds. The molecule has 2 fully saturated rings. The molecule has 7 heteroatoms. The van der Waals surface area contributed by atoms with E-state index in [9.17, 15) is 9.59 Å². The maximum absolute atomic E-state index is 12.4. The average Bonchev–Trinajstić information content (AvgIpc) is 2.68. The minimum Gasteiger partial charge on any atom is -0.345 e. The Morgan fingerprint density at radius 1 is 1.22 bits per heavy atom. The molecule has 1 aromatic heterocycles. The fourth-order valence-corrected chi connectivity index (χ4v) is 4.02. The van der Waals surface area contributed by atoms with Crippen molar-refractivity contribution in [3.63, 3.8) is 0 Å². The zero-order chi connectivity index (χ0) is 19.4. The fourth-order valence-electron chi connectivity index (χ4n) is 4.02. The summed E-state index contributed by atoms with van der Waals surface area (Å²) in [6.45, 7) is 8.34. The van der Waals surface area contributed by atoms with Crippen molar-refractivity contribution in [3.05, 3.63) is 23.8 Å². The fraction of sp³-hybridized carbons (Fsp3) is 0.700. The van der Waals surface area contributed by atoms with Crippen LogP contribution in [0.3, 0.4) is 0 Å². The Morgan fingerprint density at radius 2 is 1.96 bits per heavy atom. The Kier molecular flexibility index (Phi) is 6.09. The lowest BCUT2D eigenvalue weighted by Gasteiger charge is -2.47. The van der Waals surface area contributed by atoms with E-state index in [0.29, 0.717) is 19.5 Å². The summed E-state index contributed by atoms with van der Waals surface area (Å²) >= 11 is 0. The Labute approximate surface area is 161 Å². The maximum atomic E-state index is 12.4. The van der Waals surface area contributed by atoms with Gasteiger partial charge in [0, 0.05) is 32.8 Å². The van der Waals surface area contributed by atoms with Crippen molar-refractivity contribution in [1.82, 2.24) is 24.7 Å². The first-order valence-electron chi connectivity index (χ1n) is 9.92. The van der Waals surface area contributed by atoms with E-state index in [1.807, 2.05) is 25.8 Å². The summed E-state index contributed by atoms with van der Waals surface area (Å²) in [5.74, 6) is 0.400. The lowest BCUT2D eigenvalue weighted by Crippen LogP contribution is -2.52. The van der Waals surface area contributed by atoms with Gasteiger partial charge in [0.05, 0.1) is 30.7 Å². The number of hydrogen-bond donors (Lipinski definition) is 0. The number of aromatic nitrogens is 2. The largest absolute Gasteiger partial charge is 0.345 e. The molecule has 2 aliphatic heterocycles. The van der Waals surface area contributed by atoms with Crippen LogP contribution in [-0.2, 0) is 16.1 Å². The lowest BCUT2D eigenvalue weighted by atomic mass is 9.72. The monoisotopic (exact) mass is 373 g/mol. The molecule has 148 valence electrons. The normalized spacial score (nSPS) is 20.1. The average molecular weight is 374 g/mol. The zero-order valence-electron chi connectivity index (χ0n) is 16.8.